The highest BCUT2D eigenvalue weighted by Crippen LogP contribution is 2.26. The third-order valence-electron chi connectivity index (χ3n) is 3.87. The van der Waals surface area contributed by atoms with Crippen LogP contribution in [0.1, 0.15) is 26.3 Å². The van der Waals surface area contributed by atoms with Crippen LogP contribution >= 0.6 is 0 Å². The molecule has 0 atom stereocenters. The van der Waals surface area contributed by atoms with Gasteiger partial charge in [-0.05, 0) is 23.1 Å². The second kappa shape index (κ2) is 5.76. The highest BCUT2D eigenvalue weighted by Gasteiger charge is 2.13. The second-order valence-electron chi connectivity index (χ2n) is 6.60. The maximum atomic E-state index is 4.81. The molecular weight excluding hydrogens is 266 g/mol. The van der Waals surface area contributed by atoms with Crippen molar-refractivity contribution < 1.29 is 0 Å². The Morgan fingerprint density at radius 3 is 1.68 bits per heavy atom. The van der Waals surface area contributed by atoms with Crippen molar-refractivity contribution in [3.05, 3.63) is 78.4 Å². The molecule has 3 rings (SSSR count). The van der Waals surface area contributed by atoms with E-state index in [-0.39, 0.29) is 5.41 Å². The molecule has 0 fully saturated rings. The fraction of sp³-hybridized carbons (Fsp3) is 0.190. The molecule has 1 aromatic heterocycles. The smallest absolute Gasteiger partial charge is 0.0709 e. The number of hydrogen-bond acceptors (Lipinski definition) is 1. The van der Waals surface area contributed by atoms with E-state index in [9.17, 15) is 0 Å². The largest absolute Gasteiger partial charge is 0.248 e. The molecule has 0 bridgehead atoms. The van der Waals surface area contributed by atoms with Crippen LogP contribution in [-0.2, 0) is 5.41 Å². The van der Waals surface area contributed by atoms with Crippen LogP contribution in [0.15, 0.2) is 72.8 Å². The Kier molecular flexibility index (Phi) is 3.81. The number of hydrogen-bond donors (Lipinski definition) is 0. The lowest BCUT2D eigenvalue weighted by atomic mass is 9.86. The first-order valence-electron chi connectivity index (χ1n) is 7.67. The fourth-order valence-corrected chi connectivity index (χ4v) is 2.51. The van der Waals surface area contributed by atoms with Crippen LogP contribution in [0.5, 0.6) is 0 Å². The van der Waals surface area contributed by atoms with Gasteiger partial charge in [0.15, 0.2) is 0 Å². The molecule has 0 saturated heterocycles. The number of rotatable bonds is 2. The summed E-state index contributed by atoms with van der Waals surface area (Å²) in [5.74, 6) is 0. The maximum absolute atomic E-state index is 4.81. The van der Waals surface area contributed by atoms with Gasteiger partial charge in [-0.1, -0.05) is 81.4 Å². The van der Waals surface area contributed by atoms with Crippen LogP contribution in [0, 0.1) is 0 Å². The molecule has 0 aliphatic heterocycles. The summed E-state index contributed by atoms with van der Waals surface area (Å²) in [5.41, 5.74) is 5.86. The molecular formula is C21H21N. The number of aromatic nitrogens is 1. The summed E-state index contributed by atoms with van der Waals surface area (Å²) in [6.45, 7) is 6.70. The number of benzene rings is 2. The zero-order valence-electron chi connectivity index (χ0n) is 13.4. The molecule has 0 saturated carbocycles. The van der Waals surface area contributed by atoms with E-state index in [4.69, 9.17) is 4.98 Å². The van der Waals surface area contributed by atoms with Gasteiger partial charge in [0.25, 0.3) is 0 Å². The van der Waals surface area contributed by atoms with Crippen LogP contribution in [-0.4, -0.2) is 4.98 Å². The highest BCUT2D eigenvalue weighted by molar-refractivity contribution is 5.66. The summed E-state index contributed by atoms with van der Waals surface area (Å²) in [6.07, 6.45) is 0. The van der Waals surface area contributed by atoms with Crippen LogP contribution in [0.4, 0.5) is 0 Å². The minimum atomic E-state index is 0.178. The molecule has 0 N–H and O–H groups in total. The zero-order chi connectivity index (χ0) is 15.6. The van der Waals surface area contributed by atoms with Gasteiger partial charge in [0.05, 0.1) is 11.4 Å². The molecule has 110 valence electrons. The van der Waals surface area contributed by atoms with Crippen molar-refractivity contribution in [2.45, 2.75) is 26.2 Å². The van der Waals surface area contributed by atoms with Crippen molar-refractivity contribution in [1.29, 1.82) is 0 Å². The van der Waals surface area contributed by atoms with E-state index >= 15 is 0 Å². The Hall–Kier alpha value is -2.41. The molecule has 1 heteroatoms. The SMILES string of the molecule is CC(C)(C)c1ccc(-c2cccc(-c3ccccc3)n2)cc1. The van der Waals surface area contributed by atoms with Gasteiger partial charge in [-0.15, -0.1) is 0 Å². The van der Waals surface area contributed by atoms with Gasteiger partial charge in [0.2, 0.25) is 0 Å². The Morgan fingerprint density at radius 2 is 1.14 bits per heavy atom. The Balaban J connectivity index is 1.96. The summed E-state index contributed by atoms with van der Waals surface area (Å²) < 4.78 is 0. The van der Waals surface area contributed by atoms with Gasteiger partial charge in [-0.25, -0.2) is 4.98 Å². The summed E-state index contributed by atoms with van der Waals surface area (Å²) in [7, 11) is 0. The molecule has 0 amide bonds. The quantitative estimate of drug-likeness (QED) is 0.588. The van der Waals surface area contributed by atoms with E-state index in [0.717, 1.165) is 22.5 Å². The van der Waals surface area contributed by atoms with Crippen molar-refractivity contribution in [3.63, 3.8) is 0 Å². The van der Waals surface area contributed by atoms with E-state index in [1.165, 1.54) is 5.56 Å². The maximum Gasteiger partial charge on any atom is 0.0709 e. The minimum Gasteiger partial charge on any atom is -0.248 e. The summed E-state index contributed by atoms with van der Waals surface area (Å²) in [6, 6.07) is 25.2. The third kappa shape index (κ3) is 3.09. The summed E-state index contributed by atoms with van der Waals surface area (Å²) in [4.78, 5) is 4.81. The Labute approximate surface area is 132 Å². The lowest BCUT2D eigenvalue weighted by Gasteiger charge is -2.19. The predicted octanol–water partition coefficient (Wildman–Crippen LogP) is 5.71. The first-order chi connectivity index (χ1) is 10.5. The molecule has 1 nitrogen and oxygen atoms in total. The van der Waals surface area contributed by atoms with Gasteiger partial charge in [0.1, 0.15) is 0 Å². The van der Waals surface area contributed by atoms with Gasteiger partial charge >= 0.3 is 0 Å². The van der Waals surface area contributed by atoms with E-state index in [0.29, 0.717) is 0 Å². The fourth-order valence-electron chi connectivity index (χ4n) is 2.51. The van der Waals surface area contributed by atoms with Crippen molar-refractivity contribution in [1.82, 2.24) is 4.98 Å². The van der Waals surface area contributed by atoms with Crippen LogP contribution in [0.2, 0.25) is 0 Å². The van der Waals surface area contributed by atoms with Gasteiger partial charge in [-0.2, -0.15) is 0 Å². The van der Waals surface area contributed by atoms with Crippen molar-refractivity contribution in [2.75, 3.05) is 0 Å². The number of pyridine rings is 1. The molecule has 2 aromatic carbocycles. The molecule has 1 heterocycles. The van der Waals surface area contributed by atoms with E-state index in [1.807, 2.05) is 18.2 Å². The molecule has 0 aliphatic carbocycles. The molecule has 0 aliphatic rings. The standard InChI is InChI=1S/C21H21N/c1-21(2,3)18-14-12-17(13-15-18)20-11-7-10-19(22-20)16-8-5-4-6-9-16/h4-15H,1-3H3. The van der Waals surface area contributed by atoms with E-state index in [1.54, 1.807) is 0 Å². The lowest BCUT2D eigenvalue weighted by molar-refractivity contribution is 0.590. The van der Waals surface area contributed by atoms with Crippen molar-refractivity contribution in [2.24, 2.45) is 0 Å². The average molecular weight is 287 g/mol. The molecule has 0 unspecified atom stereocenters. The average Bonchev–Trinajstić information content (AvgIpc) is 2.55. The van der Waals surface area contributed by atoms with Crippen molar-refractivity contribution >= 4 is 0 Å². The third-order valence-corrected chi connectivity index (χ3v) is 3.87. The second-order valence-corrected chi connectivity index (χ2v) is 6.60. The van der Waals surface area contributed by atoms with Gasteiger partial charge in [0, 0.05) is 11.1 Å². The molecule has 22 heavy (non-hydrogen) atoms. The number of nitrogens with zero attached hydrogens (tertiary/aromatic N) is 1. The Morgan fingerprint density at radius 1 is 0.591 bits per heavy atom. The van der Waals surface area contributed by atoms with Crippen LogP contribution in [0.25, 0.3) is 22.5 Å². The van der Waals surface area contributed by atoms with E-state index < -0.39 is 0 Å². The summed E-state index contributed by atoms with van der Waals surface area (Å²) in [5, 5.41) is 0. The zero-order valence-corrected chi connectivity index (χ0v) is 13.4. The first-order valence-corrected chi connectivity index (χ1v) is 7.67. The highest BCUT2D eigenvalue weighted by atomic mass is 14.7. The lowest BCUT2D eigenvalue weighted by Crippen LogP contribution is -2.10. The monoisotopic (exact) mass is 287 g/mol. The molecule has 0 radical (unpaired) electrons. The molecule has 3 aromatic rings. The first kappa shape index (κ1) is 14.5. The van der Waals surface area contributed by atoms with Gasteiger partial charge < -0.3 is 0 Å². The van der Waals surface area contributed by atoms with Crippen LogP contribution in [0.3, 0.4) is 0 Å². The van der Waals surface area contributed by atoms with Gasteiger partial charge in [-0.3, -0.25) is 0 Å². The topological polar surface area (TPSA) is 12.9 Å². The van der Waals surface area contributed by atoms with Crippen LogP contribution < -0.4 is 0 Å². The molecule has 0 spiro atoms. The summed E-state index contributed by atoms with van der Waals surface area (Å²) >= 11 is 0. The normalized spacial score (nSPS) is 11.4. The van der Waals surface area contributed by atoms with E-state index in [2.05, 4.69) is 75.4 Å². The predicted molar refractivity (Wildman–Crippen MR) is 93.8 cm³/mol. The van der Waals surface area contributed by atoms with Crippen molar-refractivity contribution in [3.8, 4) is 22.5 Å². The Bertz CT molecular complexity index is 750. The minimum absolute atomic E-state index is 0.178.